The van der Waals surface area contributed by atoms with Gasteiger partial charge < -0.3 is 9.30 Å². The van der Waals surface area contributed by atoms with Crippen molar-refractivity contribution in [2.75, 3.05) is 13.7 Å². The van der Waals surface area contributed by atoms with Crippen LogP contribution >= 0.6 is 0 Å². The van der Waals surface area contributed by atoms with E-state index in [0.29, 0.717) is 29.3 Å². The van der Waals surface area contributed by atoms with Gasteiger partial charge in [0.05, 0.1) is 25.2 Å². The number of benzene rings is 1. The first kappa shape index (κ1) is 18.1. The predicted octanol–water partition coefficient (Wildman–Crippen LogP) is 2.14. The van der Waals surface area contributed by atoms with E-state index >= 15 is 0 Å². The van der Waals surface area contributed by atoms with Crippen LogP contribution in [0.4, 0.5) is 0 Å². The highest BCUT2D eigenvalue weighted by Gasteiger charge is 2.18. The molecule has 3 rings (SSSR count). The molecule has 7 heteroatoms. The summed E-state index contributed by atoms with van der Waals surface area (Å²) in [4.78, 5) is 30.3. The van der Waals surface area contributed by atoms with Crippen LogP contribution in [0.3, 0.4) is 0 Å². The highest BCUT2D eigenvalue weighted by Crippen LogP contribution is 2.18. The molecule has 138 valence electrons. The minimum Gasteiger partial charge on any atom is -0.383 e. The number of methoxy groups -OCH3 is 1. The number of imidazole rings is 1. The standard InChI is InChI=1S/C19H24N4O3/c1-5-21-12-20-17-16(21)18(24)22(10-11-26-4)19(25)23(17)15-8-6-14(7-9-15)13(2)3/h6-9,12-13H,5,10-11H2,1-4H3. The number of aromatic nitrogens is 4. The summed E-state index contributed by atoms with van der Waals surface area (Å²) in [6, 6.07) is 7.79. The largest absolute Gasteiger partial charge is 0.383 e. The monoisotopic (exact) mass is 356 g/mol. The first-order valence-corrected chi connectivity index (χ1v) is 8.79. The van der Waals surface area contributed by atoms with E-state index < -0.39 is 5.69 Å². The average Bonchev–Trinajstić information content (AvgIpc) is 3.06. The van der Waals surface area contributed by atoms with Crippen LogP contribution in [0.25, 0.3) is 16.9 Å². The number of hydrogen-bond donors (Lipinski definition) is 0. The molecule has 0 unspecified atom stereocenters. The second kappa shape index (κ2) is 7.29. The zero-order valence-electron chi connectivity index (χ0n) is 15.6. The Morgan fingerprint density at radius 1 is 1.15 bits per heavy atom. The van der Waals surface area contributed by atoms with E-state index in [1.807, 2.05) is 31.2 Å². The quantitative estimate of drug-likeness (QED) is 0.678. The fraction of sp³-hybridized carbons (Fsp3) is 0.421. The third-order valence-corrected chi connectivity index (χ3v) is 4.58. The van der Waals surface area contributed by atoms with E-state index in [-0.39, 0.29) is 18.7 Å². The lowest BCUT2D eigenvalue weighted by Crippen LogP contribution is -2.41. The summed E-state index contributed by atoms with van der Waals surface area (Å²) >= 11 is 0. The van der Waals surface area contributed by atoms with Gasteiger partial charge in [-0.15, -0.1) is 0 Å². The van der Waals surface area contributed by atoms with Crippen molar-refractivity contribution < 1.29 is 4.74 Å². The van der Waals surface area contributed by atoms with Gasteiger partial charge in [-0.25, -0.2) is 14.3 Å². The lowest BCUT2D eigenvalue weighted by atomic mass is 10.0. The Balaban J connectivity index is 2.31. The van der Waals surface area contributed by atoms with Crippen molar-refractivity contribution in [3.63, 3.8) is 0 Å². The van der Waals surface area contributed by atoms with Crippen molar-refractivity contribution in [3.8, 4) is 5.69 Å². The van der Waals surface area contributed by atoms with Gasteiger partial charge >= 0.3 is 5.69 Å². The van der Waals surface area contributed by atoms with Crippen molar-refractivity contribution in [2.45, 2.75) is 39.8 Å². The Hall–Kier alpha value is -2.67. The predicted molar refractivity (Wildman–Crippen MR) is 101 cm³/mol. The van der Waals surface area contributed by atoms with Gasteiger partial charge in [0.15, 0.2) is 11.2 Å². The molecule has 0 bridgehead atoms. The minimum atomic E-state index is -0.404. The first-order chi connectivity index (χ1) is 12.5. The summed E-state index contributed by atoms with van der Waals surface area (Å²) in [6.07, 6.45) is 1.60. The molecular formula is C19H24N4O3. The molecule has 3 aromatic rings. The molecule has 0 radical (unpaired) electrons. The SMILES string of the molecule is CCn1cnc2c1c(=O)n(CCOC)c(=O)n2-c1ccc(C(C)C)cc1. The van der Waals surface area contributed by atoms with E-state index in [1.165, 1.54) is 14.7 Å². The Morgan fingerprint density at radius 3 is 2.42 bits per heavy atom. The molecule has 26 heavy (non-hydrogen) atoms. The Bertz CT molecular complexity index is 1030. The molecule has 0 aliphatic rings. The number of rotatable bonds is 6. The van der Waals surface area contributed by atoms with Gasteiger partial charge in [-0.1, -0.05) is 26.0 Å². The highest BCUT2D eigenvalue weighted by molar-refractivity contribution is 5.72. The highest BCUT2D eigenvalue weighted by atomic mass is 16.5. The van der Waals surface area contributed by atoms with Crippen molar-refractivity contribution in [1.82, 2.24) is 18.7 Å². The van der Waals surface area contributed by atoms with E-state index in [0.717, 1.165) is 0 Å². The Kier molecular flexibility index (Phi) is 5.08. The summed E-state index contributed by atoms with van der Waals surface area (Å²) in [5.41, 5.74) is 1.94. The second-order valence-corrected chi connectivity index (χ2v) is 6.52. The normalized spacial score (nSPS) is 11.6. The van der Waals surface area contributed by atoms with Gasteiger partial charge in [-0.05, 0) is 30.5 Å². The Labute approximate surface area is 151 Å². The molecule has 2 heterocycles. The van der Waals surface area contributed by atoms with Crippen LogP contribution < -0.4 is 11.2 Å². The average molecular weight is 356 g/mol. The molecule has 0 fully saturated rings. The number of ether oxygens (including phenoxy) is 1. The molecule has 0 spiro atoms. The van der Waals surface area contributed by atoms with Gasteiger partial charge in [0.1, 0.15) is 0 Å². The van der Waals surface area contributed by atoms with Crippen LogP contribution in [-0.2, 0) is 17.8 Å². The van der Waals surface area contributed by atoms with Crippen molar-refractivity contribution >= 4 is 11.2 Å². The molecule has 0 aliphatic heterocycles. The lowest BCUT2D eigenvalue weighted by Gasteiger charge is -2.13. The maximum Gasteiger partial charge on any atom is 0.337 e. The van der Waals surface area contributed by atoms with Gasteiger partial charge in [0.2, 0.25) is 0 Å². The van der Waals surface area contributed by atoms with Gasteiger partial charge in [0, 0.05) is 13.7 Å². The molecule has 1 aromatic carbocycles. The smallest absolute Gasteiger partial charge is 0.337 e. The summed E-state index contributed by atoms with van der Waals surface area (Å²) in [5, 5.41) is 0. The molecule has 0 N–H and O–H groups in total. The topological polar surface area (TPSA) is 71.1 Å². The van der Waals surface area contributed by atoms with E-state index in [9.17, 15) is 9.59 Å². The van der Waals surface area contributed by atoms with Crippen LogP contribution in [0.1, 0.15) is 32.3 Å². The molecule has 0 saturated heterocycles. The number of hydrogen-bond acceptors (Lipinski definition) is 4. The zero-order valence-corrected chi connectivity index (χ0v) is 15.6. The molecule has 7 nitrogen and oxygen atoms in total. The lowest BCUT2D eigenvalue weighted by molar-refractivity contribution is 0.184. The van der Waals surface area contributed by atoms with Crippen molar-refractivity contribution in [1.29, 1.82) is 0 Å². The summed E-state index contributed by atoms with van der Waals surface area (Å²) < 4.78 is 9.55. The molecule has 0 amide bonds. The summed E-state index contributed by atoms with van der Waals surface area (Å²) in [5.74, 6) is 0.399. The van der Waals surface area contributed by atoms with E-state index in [2.05, 4.69) is 18.8 Å². The first-order valence-electron chi connectivity index (χ1n) is 8.79. The van der Waals surface area contributed by atoms with Crippen molar-refractivity contribution in [3.05, 3.63) is 57.0 Å². The van der Waals surface area contributed by atoms with E-state index in [1.54, 1.807) is 18.0 Å². The van der Waals surface area contributed by atoms with Crippen molar-refractivity contribution in [2.24, 2.45) is 0 Å². The molecule has 0 aliphatic carbocycles. The van der Waals surface area contributed by atoms with Crippen LogP contribution in [0.2, 0.25) is 0 Å². The zero-order chi connectivity index (χ0) is 18.8. The minimum absolute atomic E-state index is 0.197. The Morgan fingerprint density at radius 2 is 1.85 bits per heavy atom. The maximum atomic E-state index is 13.0. The van der Waals surface area contributed by atoms with Crippen LogP contribution in [0, 0.1) is 0 Å². The molecule has 2 aromatic heterocycles. The van der Waals surface area contributed by atoms with Gasteiger partial charge in [0.25, 0.3) is 5.56 Å². The van der Waals surface area contributed by atoms with E-state index in [4.69, 9.17) is 4.74 Å². The van der Waals surface area contributed by atoms with Crippen LogP contribution in [0.5, 0.6) is 0 Å². The van der Waals surface area contributed by atoms with Gasteiger partial charge in [-0.3, -0.25) is 9.36 Å². The maximum absolute atomic E-state index is 13.0. The second-order valence-electron chi connectivity index (χ2n) is 6.52. The third-order valence-electron chi connectivity index (χ3n) is 4.58. The number of aryl methyl sites for hydroxylation is 1. The molecule has 0 saturated carbocycles. The summed E-state index contributed by atoms with van der Waals surface area (Å²) in [6.45, 7) is 7.25. The fourth-order valence-corrected chi connectivity index (χ4v) is 3.04. The molecular weight excluding hydrogens is 332 g/mol. The fourth-order valence-electron chi connectivity index (χ4n) is 3.04. The number of nitrogens with zero attached hydrogens (tertiary/aromatic N) is 4. The van der Waals surface area contributed by atoms with Crippen LogP contribution in [0.15, 0.2) is 40.2 Å². The van der Waals surface area contributed by atoms with Crippen LogP contribution in [-0.4, -0.2) is 32.4 Å². The van der Waals surface area contributed by atoms with Gasteiger partial charge in [-0.2, -0.15) is 0 Å². The molecule has 0 atom stereocenters. The number of fused-ring (bicyclic) bond motifs is 1. The summed E-state index contributed by atoms with van der Waals surface area (Å²) in [7, 11) is 1.54. The third kappa shape index (κ3) is 2.99.